The number of carbonyl (C=O) groups is 1. The van der Waals surface area contributed by atoms with E-state index in [1.165, 1.54) is 29.4 Å². The highest BCUT2D eigenvalue weighted by Crippen LogP contribution is 2.32. The number of benzene rings is 1. The number of anilines is 1. The number of nitro benzene ring substituents is 1. The fourth-order valence-corrected chi connectivity index (χ4v) is 3.60. The van der Waals surface area contributed by atoms with Gasteiger partial charge in [-0.2, -0.15) is 0 Å². The topological polar surface area (TPSA) is 183 Å². The summed E-state index contributed by atoms with van der Waals surface area (Å²) in [7, 11) is 0. The fourth-order valence-electron chi connectivity index (χ4n) is 3.60. The number of nitrogens with one attached hydrogen (secondary N) is 1. The van der Waals surface area contributed by atoms with Crippen LogP contribution >= 0.6 is 0 Å². The van der Waals surface area contributed by atoms with E-state index in [-0.39, 0.29) is 11.5 Å². The summed E-state index contributed by atoms with van der Waals surface area (Å²) in [4.78, 5) is 31.1. The third kappa shape index (κ3) is 3.72. The van der Waals surface area contributed by atoms with E-state index < -0.39 is 35.4 Å². The second-order valence-corrected chi connectivity index (χ2v) is 7.33. The summed E-state index contributed by atoms with van der Waals surface area (Å²) in [6.07, 6.45) is -2.28. The Balaban J connectivity index is 1.60. The van der Waals surface area contributed by atoms with Gasteiger partial charge in [-0.3, -0.25) is 19.5 Å². The smallest absolute Gasteiger partial charge is 0.269 e. The normalized spacial score (nSPS) is 22.8. The van der Waals surface area contributed by atoms with Gasteiger partial charge in [0.25, 0.3) is 17.4 Å². The number of likely N-dealkylation sites (N-methyl/N-ethyl adjacent to an activating group) is 1. The molecule has 0 bridgehead atoms. The minimum atomic E-state index is -1.42. The van der Waals surface area contributed by atoms with Crippen molar-refractivity contribution in [3.05, 3.63) is 52.6 Å². The number of aliphatic hydroxyl groups is 2. The lowest BCUT2D eigenvalue weighted by molar-refractivity contribution is -0.675. The molecule has 3 aromatic rings. The van der Waals surface area contributed by atoms with Crippen LogP contribution in [-0.2, 0) is 16.1 Å². The summed E-state index contributed by atoms with van der Waals surface area (Å²) in [6.45, 7) is 2.39. The molecule has 0 saturated carbocycles. The van der Waals surface area contributed by atoms with Crippen LogP contribution in [0.15, 0.2) is 36.9 Å². The highest BCUT2D eigenvalue weighted by Gasteiger charge is 2.48. The lowest BCUT2D eigenvalue weighted by atomic mass is 10.1. The van der Waals surface area contributed by atoms with Crippen LogP contribution in [0.1, 0.15) is 18.7 Å². The van der Waals surface area contributed by atoms with Crippen molar-refractivity contribution in [3.8, 4) is 0 Å². The van der Waals surface area contributed by atoms with Crippen LogP contribution in [0.5, 0.6) is 0 Å². The van der Waals surface area contributed by atoms with Gasteiger partial charge >= 0.3 is 0 Å². The van der Waals surface area contributed by atoms with Crippen LogP contribution in [0.25, 0.3) is 11.2 Å². The van der Waals surface area contributed by atoms with Crippen LogP contribution in [0, 0.1) is 10.1 Å². The molecule has 168 valence electrons. The van der Waals surface area contributed by atoms with E-state index in [2.05, 4.69) is 15.3 Å². The number of ether oxygens (including phenoxy) is 1. The molecule has 1 amide bonds. The molecule has 1 aromatic carbocycles. The SMILES string of the molecule is CCNC(=O)[C@H]1O[C@@H](n2cnc3c(N)[n+](Cc4ccc([N+](=O)[O-])cc4)cnc32)[C@H](O)[C@@H]1O. The number of aromatic nitrogens is 4. The van der Waals surface area contributed by atoms with Gasteiger partial charge in [0.05, 0.1) is 11.5 Å². The maximum absolute atomic E-state index is 12.1. The van der Waals surface area contributed by atoms with Crippen LogP contribution in [-0.4, -0.2) is 60.4 Å². The van der Waals surface area contributed by atoms with Crippen molar-refractivity contribution < 1.29 is 29.2 Å². The highest BCUT2D eigenvalue weighted by atomic mass is 16.6. The molecule has 1 aliphatic rings. The molecule has 13 nitrogen and oxygen atoms in total. The molecule has 5 N–H and O–H groups in total. The van der Waals surface area contributed by atoms with Crippen molar-refractivity contribution in [2.45, 2.75) is 38.0 Å². The van der Waals surface area contributed by atoms with E-state index >= 15 is 0 Å². The second-order valence-electron chi connectivity index (χ2n) is 7.33. The van der Waals surface area contributed by atoms with Gasteiger partial charge in [-0.25, -0.2) is 9.55 Å². The zero-order valence-corrected chi connectivity index (χ0v) is 17.0. The van der Waals surface area contributed by atoms with Crippen molar-refractivity contribution in [3.63, 3.8) is 0 Å². The number of hydrogen-bond donors (Lipinski definition) is 4. The van der Waals surface area contributed by atoms with Crippen LogP contribution in [0.3, 0.4) is 0 Å². The molecule has 32 heavy (non-hydrogen) atoms. The van der Waals surface area contributed by atoms with Crippen LogP contribution < -0.4 is 15.6 Å². The summed E-state index contributed by atoms with van der Waals surface area (Å²) in [5.74, 6) is -0.250. The first kappa shape index (κ1) is 21.5. The Bertz CT molecular complexity index is 1160. The monoisotopic (exact) mass is 444 g/mol. The van der Waals surface area contributed by atoms with Gasteiger partial charge in [0.2, 0.25) is 12.0 Å². The molecule has 3 heterocycles. The molecule has 0 aliphatic carbocycles. The van der Waals surface area contributed by atoms with Crippen LogP contribution in [0.2, 0.25) is 0 Å². The van der Waals surface area contributed by atoms with E-state index in [0.717, 1.165) is 5.56 Å². The number of amides is 1. The van der Waals surface area contributed by atoms with Gasteiger partial charge in [-0.15, -0.1) is 0 Å². The number of nitro groups is 1. The van der Waals surface area contributed by atoms with Crippen molar-refractivity contribution in [1.29, 1.82) is 0 Å². The van der Waals surface area contributed by atoms with Gasteiger partial charge < -0.3 is 26.0 Å². The minimum Gasteiger partial charge on any atom is -0.387 e. The Labute approximate surface area is 181 Å². The molecule has 4 rings (SSSR count). The number of imidazole rings is 1. The van der Waals surface area contributed by atoms with E-state index in [1.54, 1.807) is 23.6 Å². The van der Waals surface area contributed by atoms with Gasteiger partial charge in [-0.05, 0) is 24.6 Å². The number of aliphatic hydroxyl groups excluding tert-OH is 2. The maximum atomic E-state index is 12.1. The zero-order chi connectivity index (χ0) is 23.0. The number of nitrogens with zero attached hydrogens (tertiary/aromatic N) is 5. The fraction of sp³-hybridized carbons (Fsp3) is 0.368. The average Bonchev–Trinajstić information content (AvgIpc) is 3.32. The quantitative estimate of drug-likeness (QED) is 0.211. The van der Waals surface area contributed by atoms with Gasteiger partial charge in [0.15, 0.2) is 17.8 Å². The number of carbonyl (C=O) groups excluding carboxylic acids is 1. The Hall–Kier alpha value is -3.68. The van der Waals surface area contributed by atoms with E-state index in [4.69, 9.17) is 10.5 Å². The summed E-state index contributed by atoms with van der Waals surface area (Å²) in [6, 6.07) is 6.06. The summed E-state index contributed by atoms with van der Waals surface area (Å²) in [5.41, 5.74) is 7.65. The average molecular weight is 444 g/mol. The third-order valence-electron chi connectivity index (χ3n) is 5.26. The van der Waals surface area contributed by atoms with Crippen molar-refractivity contribution in [1.82, 2.24) is 19.9 Å². The second kappa shape index (κ2) is 8.45. The standard InChI is InChI=1S/C19H21N7O6/c1-2-21-18(29)15-13(27)14(28)19(32-15)25-9-22-12-16(20)24(8-23-17(12)25)7-10-3-5-11(6-4-10)26(30)31/h3-6,8-9,13-15,19-20,27-28H,2,7H2,1H3,(H,21,29)/p+1/t13-,14+,15-,19+/m0/s1. The zero-order valence-electron chi connectivity index (χ0n) is 17.0. The van der Waals surface area contributed by atoms with Crippen molar-refractivity contribution in [2.24, 2.45) is 0 Å². The molecule has 0 unspecified atom stereocenters. The number of fused-ring (bicyclic) bond motifs is 1. The van der Waals surface area contributed by atoms with E-state index in [0.29, 0.717) is 24.3 Å². The largest absolute Gasteiger partial charge is 0.387 e. The number of nitrogen functional groups attached to an aromatic ring is 1. The molecular weight excluding hydrogens is 422 g/mol. The predicted octanol–water partition coefficient (Wildman–Crippen LogP) is -0.987. The van der Waals surface area contributed by atoms with Gasteiger partial charge in [-0.1, -0.05) is 4.98 Å². The third-order valence-corrected chi connectivity index (χ3v) is 5.26. The summed E-state index contributed by atoms with van der Waals surface area (Å²) >= 11 is 0. The number of nitrogens with two attached hydrogens (primary N) is 1. The molecule has 13 heteroatoms. The van der Waals surface area contributed by atoms with Crippen molar-refractivity contribution >= 4 is 28.6 Å². The molecule has 2 aromatic heterocycles. The minimum absolute atomic E-state index is 0.0118. The first-order valence-electron chi connectivity index (χ1n) is 9.85. The first-order valence-corrected chi connectivity index (χ1v) is 9.85. The molecule has 1 aliphatic heterocycles. The number of non-ortho nitro benzene ring substituents is 1. The summed E-state index contributed by atoms with van der Waals surface area (Å²) < 4.78 is 8.65. The lowest BCUT2D eigenvalue weighted by Gasteiger charge is -2.15. The van der Waals surface area contributed by atoms with Crippen molar-refractivity contribution in [2.75, 3.05) is 12.3 Å². The Morgan fingerprint density at radius 3 is 2.69 bits per heavy atom. The lowest BCUT2D eigenvalue weighted by Crippen LogP contribution is -2.42. The van der Waals surface area contributed by atoms with Gasteiger partial charge in [0.1, 0.15) is 18.5 Å². The molecular formula is C19H22N7O6+. The number of hydrogen-bond acceptors (Lipinski definition) is 9. The maximum Gasteiger partial charge on any atom is 0.269 e. The van der Waals surface area contributed by atoms with Crippen LogP contribution in [0.4, 0.5) is 11.5 Å². The predicted molar refractivity (Wildman–Crippen MR) is 109 cm³/mol. The molecule has 4 atom stereocenters. The Kier molecular flexibility index (Phi) is 5.69. The summed E-state index contributed by atoms with van der Waals surface area (Å²) in [5, 5.41) is 34.1. The Morgan fingerprint density at radius 2 is 2.03 bits per heavy atom. The first-order chi connectivity index (χ1) is 15.3. The highest BCUT2D eigenvalue weighted by molar-refractivity contribution is 5.82. The number of rotatable bonds is 6. The van der Waals surface area contributed by atoms with E-state index in [1.807, 2.05) is 0 Å². The molecule has 0 spiro atoms. The van der Waals surface area contributed by atoms with E-state index in [9.17, 15) is 25.1 Å². The molecule has 1 fully saturated rings. The van der Waals surface area contributed by atoms with Gasteiger partial charge in [0, 0.05) is 18.7 Å². The molecule has 0 radical (unpaired) electrons. The Morgan fingerprint density at radius 1 is 1.31 bits per heavy atom. The molecule has 1 saturated heterocycles.